The van der Waals surface area contributed by atoms with Crippen molar-refractivity contribution < 1.29 is 4.79 Å². The van der Waals surface area contributed by atoms with E-state index in [1.807, 2.05) is 30.5 Å². The van der Waals surface area contributed by atoms with Gasteiger partial charge in [0.15, 0.2) is 0 Å². The van der Waals surface area contributed by atoms with Crippen molar-refractivity contribution in [2.45, 2.75) is 44.2 Å². The molecule has 2 atom stereocenters. The molecule has 1 aromatic heterocycles. The maximum absolute atomic E-state index is 12.2. The van der Waals surface area contributed by atoms with Crippen LogP contribution in [0.15, 0.2) is 30.5 Å². The minimum Gasteiger partial charge on any atom is -0.361 e. The second kappa shape index (κ2) is 5.19. The number of hydrogen-bond donors (Lipinski definition) is 3. The lowest BCUT2D eigenvalue weighted by Gasteiger charge is -2.28. The molecule has 2 saturated heterocycles. The Hall–Kier alpha value is -1.81. The zero-order chi connectivity index (χ0) is 14.2. The van der Waals surface area contributed by atoms with Crippen LogP contribution in [0.4, 0.5) is 5.69 Å². The Morgan fingerprint density at radius 2 is 2.00 bits per heavy atom. The van der Waals surface area contributed by atoms with E-state index in [-0.39, 0.29) is 5.91 Å². The molecule has 21 heavy (non-hydrogen) atoms. The molecule has 4 nitrogen and oxygen atoms in total. The number of anilines is 1. The normalized spacial score (nSPS) is 27.9. The average Bonchev–Trinajstić information content (AvgIpc) is 3.04. The summed E-state index contributed by atoms with van der Waals surface area (Å²) in [5.74, 6) is 0.691. The van der Waals surface area contributed by atoms with Crippen LogP contribution < -0.4 is 10.6 Å². The number of piperidine rings is 1. The summed E-state index contributed by atoms with van der Waals surface area (Å²) in [4.78, 5) is 15.4. The molecule has 0 radical (unpaired) electrons. The van der Waals surface area contributed by atoms with Gasteiger partial charge in [0.05, 0.1) is 0 Å². The SMILES string of the molecule is O=C(CC1CC2CCC(C1)N2)Nc1ccc2[nH]ccc2c1. The van der Waals surface area contributed by atoms with E-state index in [2.05, 4.69) is 15.6 Å². The van der Waals surface area contributed by atoms with Crippen LogP contribution in [0.25, 0.3) is 10.9 Å². The number of aromatic amines is 1. The van der Waals surface area contributed by atoms with E-state index in [1.165, 1.54) is 12.8 Å². The van der Waals surface area contributed by atoms with Crippen molar-refractivity contribution in [1.82, 2.24) is 10.3 Å². The van der Waals surface area contributed by atoms with Gasteiger partial charge in [0.25, 0.3) is 0 Å². The molecular weight excluding hydrogens is 262 g/mol. The van der Waals surface area contributed by atoms with E-state index in [0.717, 1.165) is 29.4 Å². The number of carbonyl (C=O) groups is 1. The molecule has 2 aromatic rings. The van der Waals surface area contributed by atoms with Gasteiger partial charge in [-0.05, 0) is 55.9 Å². The first-order chi connectivity index (χ1) is 10.3. The molecule has 4 rings (SSSR count). The van der Waals surface area contributed by atoms with Crippen molar-refractivity contribution in [3.05, 3.63) is 30.5 Å². The number of benzene rings is 1. The Morgan fingerprint density at radius 3 is 2.81 bits per heavy atom. The lowest BCUT2D eigenvalue weighted by atomic mass is 9.89. The third-order valence-electron chi connectivity index (χ3n) is 4.88. The van der Waals surface area contributed by atoms with Gasteiger partial charge in [0.2, 0.25) is 5.91 Å². The fourth-order valence-corrected chi connectivity index (χ4v) is 3.95. The summed E-state index contributed by atoms with van der Waals surface area (Å²) in [7, 11) is 0. The first-order valence-corrected chi connectivity index (χ1v) is 7.89. The molecule has 0 saturated carbocycles. The number of H-pyrrole nitrogens is 1. The van der Waals surface area contributed by atoms with E-state index >= 15 is 0 Å². The summed E-state index contributed by atoms with van der Waals surface area (Å²) in [6.45, 7) is 0. The van der Waals surface area contributed by atoms with Crippen molar-refractivity contribution in [2.24, 2.45) is 5.92 Å². The molecule has 1 aromatic carbocycles. The number of fused-ring (bicyclic) bond motifs is 3. The monoisotopic (exact) mass is 283 g/mol. The minimum absolute atomic E-state index is 0.149. The summed E-state index contributed by atoms with van der Waals surface area (Å²) in [6.07, 6.45) is 7.45. The first kappa shape index (κ1) is 12.9. The predicted octanol–water partition coefficient (Wildman–Crippen LogP) is 3.03. The fraction of sp³-hybridized carbons (Fsp3) is 0.471. The Morgan fingerprint density at radius 1 is 1.19 bits per heavy atom. The highest BCUT2D eigenvalue weighted by Gasteiger charge is 2.34. The lowest BCUT2D eigenvalue weighted by Crippen LogP contribution is -2.39. The molecule has 3 N–H and O–H groups in total. The number of carbonyl (C=O) groups excluding carboxylic acids is 1. The van der Waals surface area contributed by atoms with E-state index in [0.29, 0.717) is 24.4 Å². The highest BCUT2D eigenvalue weighted by Crippen LogP contribution is 2.32. The number of amides is 1. The third-order valence-corrected chi connectivity index (χ3v) is 4.88. The molecule has 2 aliphatic heterocycles. The first-order valence-electron chi connectivity index (χ1n) is 7.89. The molecule has 0 aliphatic carbocycles. The average molecular weight is 283 g/mol. The summed E-state index contributed by atoms with van der Waals surface area (Å²) < 4.78 is 0. The fourth-order valence-electron chi connectivity index (χ4n) is 3.95. The standard InChI is InChI=1S/C17H21N3O/c21-17(9-11-7-13-1-2-14(8-11)19-13)20-15-3-4-16-12(10-15)5-6-18-16/h3-6,10-11,13-14,18-19H,1-2,7-9H2,(H,20,21). The van der Waals surface area contributed by atoms with Gasteiger partial charge in [-0.2, -0.15) is 0 Å². The molecule has 1 amide bonds. The molecule has 2 fully saturated rings. The summed E-state index contributed by atoms with van der Waals surface area (Å²) in [6, 6.07) is 9.32. The topological polar surface area (TPSA) is 56.9 Å². The molecular formula is C17H21N3O. The van der Waals surface area contributed by atoms with Crippen LogP contribution in [0.5, 0.6) is 0 Å². The van der Waals surface area contributed by atoms with Crippen LogP contribution in [0.1, 0.15) is 32.1 Å². The quantitative estimate of drug-likeness (QED) is 0.811. The molecule has 4 heteroatoms. The van der Waals surface area contributed by atoms with E-state index < -0.39 is 0 Å². The zero-order valence-electron chi connectivity index (χ0n) is 12.1. The van der Waals surface area contributed by atoms with Crippen LogP contribution in [0.3, 0.4) is 0 Å². The van der Waals surface area contributed by atoms with Gasteiger partial charge >= 0.3 is 0 Å². The van der Waals surface area contributed by atoms with Gasteiger partial charge in [-0.3, -0.25) is 4.79 Å². The Bertz CT molecular complexity index is 651. The van der Waals surface area contributed by atoms with Crippen LogP contribution >= 0.6 is 0 Å². The molecule has 3 heterocycles. The maximum atomic E-state index is 12.2. The number of nitrogens with one attached hydrogen (secondary N) is 3. The predicted molar refractivity (Wildman–Crippen MR) is 84.2 cm³/mol. The van der Waals surface area contributed by atoms with Gasteiger partial charge in [-0.1, -0.05) is 0 Å². The minimum atomic E-state index is 0.149. The van der Waals surface area contributed by atoms with Crippen LogP contribution in [-0.4, -0.2) is 23.0 Å². The molecule has 110 valence electrons. The summed E-state index contributed by atoms with van der Waals surface area (Å²) in [5, 5.41) is 7.81. The largest absolute Gasteiger partial charge is 0.361 e. The highest BCUT2D eigenvalue weighted by molar-refractivity contribution is 5.93. The van der Waals surface area contributed by atoms with Crippen LogP contribution in [-0.2, 0) is 4.79 Å². The summed E-state index contributed by atoms with van der Waals surface area (Å²) in [5.41, 5.74) is 1.99. The molecule has 2 bridgehead atoms. The van der Waals surface area contributed by atoms with Crippen LogP contribution in [0, 0.1) is 5.92 Å². The highest BCUT2D eigenvalue weighted by atomic mass is 16.1. The van der Waals surface area contributed by atoms with Gasteiger partial charge in [0, 0.05) is 41.3 Å². The van der Waals surface area contributed by atoms with Crippen molar-refractivity contribution in [2.75, 3.05) is 5.32 Å². The maximum Gasteiger partial charge on any atom is 0.224 e. The van der Waals surface area contributed by atoms with E-state index in [1.54, 1.807) is 0 Å². The van der Waals surface area contributed by atoms with Gasteiger partial charge in [0.1, 0.15) is 0 Å². The molecule has 2 unspecified atom stereocenters. The zero-order valence-corrected chi connectivity index (χ0v) is 12.1. The smallest absolute Gasteiger partial charge is 0.224 e. The second-order valence-corrected chi connectivity index (χ2v) is 6.51. The van der Waals surface area contributed by atoms with Crippen LogP contribution in [0.2, 0.25) is 0 Å². The van der Waals surface area contributed by atoms with Gasteiger partial charge < -0.3 is 15.6 Å². The Balaban J connectivity index is 1.39. The Labute approximate surface area is 124 Å². The third kappa shape index (κ3) is 2.68. The van der Waals surface area contributed by atoms with Crippen molar-refractivity contribution in [1.29, 1.82) is 0 Å². The van der Waals surface area contributed by atoms with Crippen molar-refractivity contribution >= 4 is 22.5 Å². The van der Waals surface area contributed by atoms with Crippen molar-refractivity contribution in [3.63, 3.8) is 0 Å². The summed E-state index contributed by atoms with van der Waals surface area (Å²) >= 11 is 0. The van der Waals surface area contributed by atoms with E-state index in [4.69, 9.17) is 0 Å². The molecule has 0 spiro atoms. The van der Waals surface area contributed by atoms with Gasteiger partial charge in [-0.25, -0.2) is 0 Å². The second-order valence-electron chi connectivity index (χ2n) is 6.51. The number of hydrogen-bond acceptors (Lipinski definition) is 2. The number of rotatable bonds is 3. The van der Waals surface area contributed by atoms with Crippen molar-refractivity contribution in [3.8, 4) is 0 Å². The van der Waals surface area contributed by atoms with E-state index in [9.17, 15) is 4.79 Å². The lowest BCUT2D eigenvalue weighted by molar-refractivity contribution is -0.117. The number of aromatic nitrogens is 1. The van der Waals surface area contributed by atoms with Gasteiger partial charge in [-0.15, -0.1) is 0 Å². The molecule has 2 aliphatic rings. The Kier molecular flexibility index (Phi) is 3.19.